The van der Waals surface area contributed by atoms with Crippen molar-refractivity contribution in [1.29, 1.82) is 0 Å². The van der Waals surface area contributed by atoms with Crippen LogP contribution in [0.25, 0.3) is 17.1 Å². The summed E-state index contributed by atoms with van der Waals surface area (Å²) in [6, 6.07) is 3.73. The summed E-state index contributed by atoms with van der Waals surface area (Å²) in [6.45, 7) is 0. The van der Waals surface area contributed by atoms with Crippen LogP contribution in [0.1, 0.15) is 0 Å². The number of rotatable bonds is 2. The SMILES string of the molecule is S=c1[nH]nc(-c2ccncc2)n1-c1cncnc1. The van der Waals surface area contributed by atoms with Gasteiger partial charge in [0, 0.05) is 18.0 Å². The first-order valence-corrected chi connectivity index (χ1v) is 5.60. The van der Waals surface area contributed by atoms with E-state index < -0.39 is 0 Å². The number of H-pyrrole nitrogens is 1. The van der Waals surface area contributed by atoms with Crippen molar-refractivity contribution in [2.24, 2.45) is 0 Å². The van der Waals surface area contributed by atoms with Crippen molar-refractivity contribution < 1.29 is 0 Å². The predicted molar refractivity (Wildman–Crippen MR) is 67.6 cm³/mol. The number of pyridine rings is 1. The molecule has 7 heteroatoms. The van der Waals surface area contributed by atoms with E-state index in [4.69, 9.17) is 12.2 Å². The van der Waals surface area contributed by atoms with Gasteiger partial charge in [0.1, 0.15) is 6.33 Å². The van der Waals surface area contributed by atoms with E-state index in [-0.39, 0.29) is 0 Å². The van der Waals surface area contributed by atoms with Gasteiger partial charge in [-0.05, 0) is 24.4 Å². The van der Waals surface area contributed by atoms with E-state index >= 15 is 0 Å². The van der Waals surface area contributed by atoms with Gasteiger partial charge in [0.25, 0.3) is 0 Å². The predicted octanol–water partition coefficient (Wildman–Crippen LogP) is 1.78. The minimum absolute atomic E-state index is 0.497. The van der Waals surface area contributed by atoms with Gasteiger partial charge >= 0.3 is 0 Å². The molecule has 3 rings (SSSR count). The average Bonchev–Trinajstić information content (AvgIpc) is 2.83. The molecule has 0 aromatic carbocycles. The molecule has 88 valence electrons. The molecule has 0 aliphatic heterocycles. The van der Waals surface area contributed by atoms with Crippen LogP contribution in [0.3, 0.4) is 0 Å². The summed E-state index contributed by atoms with van der Waals surface area (Å²) in [5.74, 6) is 0.706. The molecule has 1 N–H and O–H groups in total. The van der Waals surface area contributed by atoms with Crippen molar-refractivity contribution in [3.05, 3.63) is 48.0 Å². The van der Waals surface area contributed by atoms with Crippen LogP contribution in [0, 0.1) is 4.77 Å². The summed E-state index contributed by atoms with van der Waals surface area (Å²) in [6.07, 6.45) is 8.25. The minimum atomic E-state index is 0.497. The van der Waals surface area contributed by atoms with Gasteiger partial charge in [-0.15, -0.1) is 0 Å². The summed E-state index contributed by atoms with van der Waals surface area (Å²) in [7, 11) is 0. The van der Waals surface area contributed by atoms with Crippen LogP contribution in [-0.2, 0) is 0 Å². The van der Waals surface area contributed by atoms with Gasteiger partial charge in [0.15, 0.2) is 10.6 Å². The number of nitrogens with one attached hydrogen (secondary N) is 1. The normalized spacial score (nSPS) is 10.4. The molecule has 0 atom stereocenters. The van der Waals surface area contributed by atoms with Crippen LogP contribution in [0.2, 0.25) is 0 Å². The zero-order valence-corrected chi connectivity index (χ0v) is 10.0. The van der Waals surface area contributed by atoms with Gasteiger partial charge < -0.3 is 0 Å². The molecular weight excluding hydrogens is 248 g/mol. The second-order valence-electron chi connectivity index (χ2n) is 3.52. The number of nitrogens with zero attached hydrogens (tertiary/aromatic N) is 5. The molecule has 0 saturated heterocycles. The highest BCUT2D eigenvalue weighted by molar-refractivity contribution is 7.71. The molecule has 0 bridgehead atoms. The molecule has 0 spiro atoms. The van der Waals surface area contributed by atoms with E-state index in [9.17, 15) is 0 Å². The fraction of sp³-hybridized carbons (Fsp3) is 0. The molecule has 0 radical (unpaired) electrons. The average molecular weight is 256 g/mol. The Morgan fingerprint density at radius 3 is 2.50 bits per heavy atom. The van der Waals surface area contributed by atoms with Crippen LogP contribution in [-0.4, -0.2) is 29.7 Å². The van der Waals surface area contributed by atoms with Crippen molar-refractivity contribution in [1.82, 2.24) is 29.7 Å². The van der Waals surface area contributed by atoms with Crippen LogP contribution < -0.4 is 0 Å². The lowest BCUT2D eigenvalue weighted by Crippen LogP contribution is -1.99. The Hall–Kier alpha value is -2.41. The number of aromatic amines is 1. The first-order chi connectivity index (χ1) is 8.86. The van der Waals surface area contributed by atoms with E-state index in [1.54, 1.807) is 29.4 Å². The highest BCUT2D eigenvalue weighted by Gasteiger charge is 2.10. The standard InChI is InChI=1S/C11H8N6S/c18-11-16-15-10(8-1-3-12-4-2-8)17(11)9-5-13-7-14-6-9/h1-7H,(H,16,18). The number of hydrogen-bond acceptors (Lipinski definition) is 5. The summed E-state index contributed by atoms with van der Waals surface area (Å²) in [5.41, 5.74) is 1.68. The molecule has 3 heterocycles. The van der Waals surface area contributed by atoms with E-state index in [0.29, 0.717) is 10.6 Å². The molecule has 0 aliphatic rings. The third-order valence-electron chi connectivity index (χ3n) is 2.42. The zero-order chi connectivity index (χ0) is 12.4. The summed E-state index contributed by atoms with van der Waals surface area (Å²) < 4.78 is 2.28. The lowest BCUT2D eigenvalue weighted by Gasteiger charge is -2.04. The summed E-state index contributed by atoms with van der Waals surface area (Å²) in [4.78, 5) is 12.0. The molecule has 0 aliphatic carbocycles. The van der Waals surface area contributed by atoms with Gasteiger partial charge in [-0.1, -0.05) is 0 Å². The van der Waals surface area contributed by atoms with Gasteiger partial charge in [-0.2, -0.15) is 5.10 Å². The minimum Gasteiger partial charge on any atom is -0.265 e. The molecule has 0 unspecified atom stereocenters. The lowest BCUT2D eigenvalue weighted by molar-refractivity contribution is 0.994. The van der Waals surface area contributed by atoms with Crippen LogP contribution in [0.4, 0.5) is 0 Å². The van der Waals surface area contributed by atoms with Crippen LogP contribution in [0.5, 0.6) is 0 Å². The zero-order valence-electron chi connectivity index (χ0n) is 9.19. The monoisotopic (exact) mass is 256 g/mol. The first-order valence-electron chi connectivity index (χ1n) is 5.19. The maximum absolute atomic E-state index is 5.23. The Morgan fingerprint density at radius 1 is 1.06 bits per heavy atom. The van der Waals surface area contributed by atoms with Crippen molar-refractivity contribution >= 4 is 12.2 Å². The van der Waals surface area contributed by atoms with E-state index in [1.807, 2.05) is 12.1 Å². The smallest absolute Gasteiger partial charge is 0.200 e. The second-order valence-corrected chi connectivity index (χ2v) is 3.91. The van der Waals surface area contributed by atoms with Crippen molar-refractivity contribution in [2.75, 3.05) is 0 Å². The van der Waals surface area contributed by atoms with E-state index in [2.05, 4.69) is 25.1 Å². The molecule has 0 saturated carbocycles. The highest BCUT2D eigenvalue weighted by atomic mass is 32.1. The van der Waals surface area contributed by atoms with Crippen LogP contribution >= 0.6 is 12.2 Å². The van der Waals surface area contributed by atoms with Gasteiger partial charge in [-0.25, -0.2) is 9.97 Å². The van der Waals surface area contributed by atoms with Gasteiger partial charge in [-0.3, -0.25) is 14.6 Å². The Balaban J connectivity index is 2.23. The van der Waals surface area contributed by atoms with Crippen molar-refractivity contribution in [3.8, 4) is 17.1 Å². The van der Waals surface area contributed by atoms with Gasteiger partial charge in [0.05, 0.1) is 18.1 Å². The molecular formula is C11H8N6S. The molecule has 3 aromatic heterocycles. The van der Waals surface area contributed by atoms with Crippen LogP contribution in [0.15, 0.2) is 43.2 Å². The molecule has 18 heavy (non-hydrogen) atoms. The fourth-order valence-corrected chi connectivity index (χ4v) is 1.88. The van der Waals surface area contributed by atoms with Crippen molar-refractivity contribution in [3.63, 3.8) is 0 Å². The Morgan fingerprint density at radius 2 is 1.78 bits per heavy atom. The molecule has 0 amide bonds. The maximum Gasteiger partial charge on any atom is 0.200 e. The van der Waals surface area contributed by atoms with E-state index in [0.717, 1.165) is 11.3 Å². The fourth-order valence-electron chi connectivity index (χ4n) is 1.64. The third-order valence-corrected chi connectivity index (χ3v) is 2.69. The lowest BCUT2D eigenvalue weighted by atomic mass is 10.2. The Labute approximate surface area is 107 Å². The molecule has 6 nitrogen and oxygen atoms in total. The molecule has 3 aromatic rings. The number of hydrogen-bond donors (Lipinski definition) is 1. The highest BCUT2D eigenvalue weighted by Crippen LogP contribution is 2.19. The van der Waals surface area contributed by atoms with E-state index in [1.165, 1.54) is 6.33 Å². The van der Waals surface area contributed by atoms with Crippen molar-refractivity contribution in [2.45, 2.75) is 0 Å². The summed E-state index contributed by atoms with van der Waals surface area (Å²) >= 11 is 5.23. The first kappa shape index (κ1) is 10.7. The molecule has 0 fully saturated rings. The quantitative estimate of drug-likeness (QED) is 0.707. The largest absolute Gasteiger partial charge is 0.265 e. The maximum atomic E-state index is 5.23. The number of aromatic nitrogens is 6. The Kier molecular flexibility index (Phi) is 2.66. The second kappa shape index (κ2) is 4.46. The third kappa shape index (κ3) is 1.80. The summed E-state index contributed by atoms with van der Waals surface area (Å²) in [5, 5.41) is 7.00. The Bertz CT molecular complexity index is 703. The topological polar surface area (TPSA) is 72.3 Å². The van der Waals surface area contributed by atoms with Gasteiger partial charge in [0.2, 0.25) is 0 Å².